The van der Waals surface area contributed by atoms with Crippen LogP contribution in [0.1, 0.15) is 19.8 Å². The number of halogens is 2. The third kappa shape index (κ3) is 4.48. The van der Waals surface area contributed by atoms with Crippen LogP contribution in [-0.2, 0) is 9.59 Å². The number of anilines is 1. The van der Waals surface area contributed by atoms with Crippen LogP contribution >= 0.6 is 0 Å². The molecule has 0 bridgehead atoms. The minimum atomic E-state index is -1.05. The summed E-state index contributed by atoms with van der Waals surface area (Å²) in [5.41, 5.74) is 0.113. The summed E-state index contributed by atoms with van der Waals surface area (Å²) in [4.78, 5) is 22.6. The highest BCUT2D eigenvalue weighted by atomic mass is 19.2. The van der Waals surface area contributed by atoms with Crippen LogP contribution < -0.4 is 10.6 Å². The Kier molecular flexibility index (Phi) is 5.23. The first-order valence-electron chi connectivity index (χ1n) is 5.54. The Balaban J connectivity index is 2.49. The molecule has 0 heterocycles. The van der Waals surface area contributed by atoms with E-state index in [-0.39, 0.29) is 12.1 Å². The molecule has 0 spiro atoms. The quantitative estimate of drug-likeness (QED) is 0.789. The van der Waals surface area contributed by atoms with Gasteiger partial charge in [-0.05, 0) is 18.6 Å². The molecule has 0 saturated carbocycles. The second-order valence-corrected chi connectivity index (χ2v) is 3.70. The number of nitrogens with one attached hydrogen (secondary N) is 2. The molecule has 0 fully saturated rings. The van der Waals surface area contributed by atoms with Crippen LogP contribution in [0.25, 0.3) is 0 Å². The van der Waals surface area contributed by atoms with Gasteiger partial charge in [0.05, 0.1) is 0 Å². The van der Waals surface area contributed by atoms with Crippen molar-refractivity contribution in [2.45, 2.75) is 19.8 Å². The van der Waals surface area contributed by atoms with E-state index in [4.69, 9.17) is 0 Å². The molecule has 1 rings (SSSR count). The fourth-order valence-electron chi connectivity index (χ4n) is 1.25. The van der Waals surface area contributed by atoms with Crippen molar-refractivity contribution in [2.75, 3.05) is 11.9 Å². The number of rotatable bonds is 5. The molecule has 0 aliphatic rings. The van der Waals surface area contributed by atoms with Crippen LogP contribution in [0.15, 0.2) is 18.2 Å². The molecule has 0 radical (unpaired) electrons. The summed E-state index contributed by atoms with van der Waals surface area (Å²) < 4.78 is 25.5. The molecule has 1 aromatic carbocycles. The van der Waals surface area contributed by atoms with E-state index in [0.717, 1.165) is 18.6 Å². The van der Waals surface area contributed by atoms with Crippen LogP contribution in [0.3, 0.4) is 0 Å². The standard InChI is InChI=1S/C12H14F2N2O2/c1-2-5-15-11(17)7-12(18)16-8-3-4-9(13)10(14)6-8/h3-4,6H,2,5,7H2,1H3,(H,15,17)(H,16,18). The summed E-state index contributed by atoms with van der Waals surface area (Å²) in [6.07, 6.45) is 0.426. The Morgan fingerprint density at radius 2 is 1.89 bits per heavy atom. The average Bonchev–Trinajstić information content (AvgIpc) is 2.31. The number of hydrogen-bond acceptors (Lipinski definition) is 2. The highest BCUT2D eigenvalue weighted by Gasteiger charge is 2.10. The minimum Gasteiger partial charge on any atom is -0.356 e. The average molecular weight is 256 g/mol. The normalized spacial score (nSPS) is 9.94. The molecule has 0 aliphatic carbocycles. The van der Waals surface area contributed by atoms with Crippen LogP contribution in [0.2, 0.25) is 0 Å². The Morgan fingerprint density at radius 1 is 1.17 bits per heavy atom. The van der Waals surface area contributed by atoms with Crippen molar-refractivity contribution in [3.8, 4) is 0 Å². The predicted molar refractivity (Wildman–Crippen MR) is 62.9 cm³/mol. The van der Waals surface area contributed by atoms with Crippen molar-refractivity contribution in [2.24, 2.45) is 0 Å². The lowest BCUT2D eigenvalue weighted by molar-refractivity contribution is -0.126. The molecule has 0 saturated heterocycles. The smallest absolute Gasteiger partial charge is 0.233 e. The van der Waals surface area contributed by atoms with Gasteiger partial charge in [0.15, 0.2) is 11.6 Å². The Hall–Kier alpha value is -1.98. The fraction of sp³-hybridized carbons (Fsp3) is 0.333. The molecule has 1 aromatic rings. The second-order valence-electron chi connectivity index (χ2n) is 3.70. The van der Waals surface area contributed by atoms with Crippen LogP contribution in [-0.4, -0.2) is 18.4 Å². The van der Waals surface area contributed by atoms with Gasteiger partial charge in [-0.2, -0.15) is 0 Å². The molecule has 0 atom stereocenters. The van der Waals surface area contributed by atoms with Crippen molar-refractivity contribution in [1.82, 2.24) is 5.32 Å². The first kappa shape index (κ1) is 14.1. The lowest BCUT2D eigenvalue weighted by atomic mass is 10.3. The summed E-state index contributed by atoms with van der Waals surface area (Å²) in [5, 5.41) is 4.85. The Labute approximate surface area is 103 Å². The Bertz CT molecular complexity index is 450. The van der Waals surface area contributed by atoms with Gasteiger partial charge in [0.2, 0.25) is 11.8 Å². The van der Waals surface area contributed by atoms with Crippen molar-refractivity contribution in [3.63, 3.8) is 0 Å². The summed E-state index contributed by atoms with van der Waals surface area (Å²) in [6.45, 7) is 2.39. The monoisotopic (exact) mass is 256 g/mol. The summed E-state index contributed by atoms with van der Waals surface area (Å²) in [7, 11) is 0. The van der Waals surface area contributed by atoms with Crippen molar-refractivity contribution in [1.29, 1.82) is 0 Å². The SMILES string of the molecule is CCCNC(=O)CC(=O)Nc1ccc(F)c(F)c1. The van der Waals surface area contributed by atoms with E-state index in [1.165, 1.54) is 6.07 Å². The maximum atomic E-state index is 12.9. The molecule has 98 valence electrons. The van der Waals surface area contributed by atoms with Gasteiger partial charge in [-0.15, -0.1) is 0 Å². The van der Waals surface area contributed by atoms with Crippen molar-refractivity contribution >= 4 is 17.5 Å². The number of carbonyl (C=O) groups excluding carboxylic acids is 2. The predicted octanol–water partition coefficient (Wildman–Crippen LogP) is 1.82. The molecule has 18 heavy (non-hydrogen) atoms. The van der Waals surface area contributed by atoms with Crippen molar-refractivity contribution < 1.29 is 18.4 Å². The van der Waals surface area contributed by atoms with E-state index in [1.807, 2.05) is 6.92 Å². The van der Waals surface area contributed by atoms with Gasteiger partial charge in [0.25, 0.3) is 0 Å². The minimum absolute atomic E-state index is 0.113. The highest BCUT2D eigenvalue weighted by Crippen LogP contribution is 2.13. The van der Waals surface area contributed by atoms with Gasteiger partial charge in [-0.25, -0.2) is 8.78 Å². The maximum Gasteiger partial charge on any atom is 0.233 e. The molecule has 2 N–H and O–H groups in total. The van der Waals surface area contributed by atoms with Crippen LogP contribution in [0.4, 0.5) is 14.5 Å². The van der Waals surface area contributed by atoms with E-state index >= 15 is 0 Å². The van der Waals surface area contributed by atoms with E-state index in [1.54, 1.807) is 0 Å². The van der Waals surface area contributed by atoms with Gasteiger partial charge in [-0.3, -0.25) is 9.59 Å². The zero-order chi connectivity index (χ0) is 13.5. The van der Waals surface area contributed by atoms with Gasteiger partial charge >= 0.3 is 0 Å². The van der Waals surface area contributed by atoms with Gasteiger partial charge < -0.3 is 10.6 Å². The lowest BCUT2D eigenvalue weighted by Gasteiger charge is -2.06. The topological polar surface area (TPSA) is 58.2 Å². The molecular formula is C12H14F2N2O2. The fourth-order valence-corrected chi connectivity index (χ4v) is 1.25. The van der Waals surface area contributed by atoms with Gasteiger partial charge in [-0.1, -0.05) is 6.92 Å². The first-order chi connectivity index (χ1) is 8.52. The molecule has 2 amide bonds. The van der Waals surface area contributed by atoms with Crippen LogP contribution in [0.5, 0.6) is 0 Å². The zero-order valence-electron chi connectivity index (χ0n) is 9.93. The number of hydrogen-bond donors (Lipinski definition) is 2. The molecule has 0 aliphatic heterocycles. The maximum absolute atomic E-state index is 12.9. The number of benzene rings is 1. The van der Waals surface area contributed by atoms with Gasteiger partial charge in [0.1, 0.15) is 6.42 Å². The molecule has 0 unspecified atom stereocenters. The number of amides is 2. The third-order valence-electron chi connectivity index (χ3n) is 2.10. The number of carbonyl (C=O) groups is 2. The first-order valence-corrected chi connectivity index (χ1v) is 5.54. The summed E-state index contributed by atoms with van der Waals surface area (Å²) >= 11 is 0. The molecule has 6 heteroatoms. The summed E-state index contributed by atoms with van der Waals surface area (Å²) in [6, 6.07) is 2.99. The summed E-state index contributed by atoms with van der Waals surface area (Å²) in [5.74, 6) is -3.02. The van der Waals surface area contributed by atoms with E-state index in [9.17, 15) is 18.4 Å². The van der Waals surface area contributed by atoms with E-state index in [0.29, 0.717) is 6.54 Å². The molecule has 0 aromatic heterocycles. The molecular weight excluding hydrogens is 242 g/mol. The highest BCUT2D eigenvalue weighted by molar-refractivity contribution is 6.03. The van der Waals surface area contributed by atoms with Gasteiger partial charge in [0, 0.05) is 18.3 Å². The second kappa shape index (κ2) is 6.68. The largest absolute Gasteiger partial charge is 0.356 e. The third-order valence-corrected chi connectivity index (χ3v) is 2.10. The van der Waals surface area contributed by atoms with Crippen molar-refractivity contribution in [3.05, 3.63) is 29.8 Å². The van der Waals surface area contributed by atoms with E-state index < -0.39 is 23.4 Å². The molecule has 4 nitrogen and oxygen atoms in total. The lowest BCUT2D eigenvalue weighted by Crippen LogP contribution is -2.28. The van der Waals surface area contributed by atoms with Crippen LogP contribution in [0, 0.1) is 11.6 Å². The van der Waals surface area contributed by atoms with E-state index in [2.05, 4.69) is 10.6 Å². The Morgan fingerprint density at radius 3 is 2.50 bits per heavy atom. The zero-order valence-corrected chi connectivity index (χ0v) is 9.93.